The maximum atomic E-state index is 13.0. The van der Waals surface area contributed by atoms with Gasteiger partial charge in [-0.05, 0) is 47.1 Å². The van der Waals surface area contributed by atoms with Gasteiger partial charge in [-0.15, -0.1) is 11.3 Å². The second kappa shape index (κ2) is 5.07. The number of hydrogen-bond donors (Lipinski definition) is 2. The average molecular weight is 329 g/mol. The molecule has 0 radical (unpaired) electrons. The molecule has 2 rings (SSSR count). The SMILES string of the molecule is Cc1sc(C(=O)Nc2ccc(F)c(Br)c2)cc1N. The molecule has 0 saturated heterocycles. The Kier molecular flexibility index (Phi) is 3.68. The molecule has 0 saturated carbocycles. The van der Waals surface area contributed by atoms with Gasteiger partial charge in [0.25, 0.3) is 5.91 Å². The first-order valence-corrected chi connectivity index (χ1v) is 6.70. The number of halogens is 2. The van der Waals surface area contributed by atoms with Crippen LogP contribution in [0.15, 0.2) is 28.7 Å². The number of anilines is 2. The second-order valence-electron chi connectivity index (χ2n) is 3.71. The van der Waals surface area contributed by atoms with Crippen molar-refractivity contribution >= 4 is 44.5 Å². The van der Waals surface area contributed by atoms with E-state index in [2.05, 4.69) is 21.2 Å². The predicted octanol–water partition coefficient (Wildman–Crippen LogP) is 3.79. The Labute approximate surface area is 116 Å². The number of hydrogen-bond acceptors (Lipinski definition) is 3. The van der Waals surface area contributed by atoms with Gasteiger partial charge in [0.15, 0.2) is 0 Å². The summed E-state index contributed by atoms with van der Waals surface area (Å²) in [5.74, 6) is -0.623. The molecule has 0 aliphatic carbocycles. The maximum absolute atomic E-state index is 13.0. The highest BCUT2D eigenvalue weighted by Gasteiger charge is 2.11. The van der Waals surface area contributed by atoms with Gasteiger partial charge in [-0.25, -0.2) is 4.39 Å². The summed E-state index contributed by atoms with van der Waals surface area (Å²) in [6.45, 7) is 1.85. The summed E-state index contributed by atoms with van der Waals surface area (Å²) in [5.41, 5.74) is 6.82. The van der Waals surface area contributed by atoms with E-state index in [9.17, 15) is 9.18 Å². The molecule has 1 aromatic carbocycles. The van der Waals surface area contributed by atoms with Crippen LogP contribution in [-0.4, -0.2) is 5.91 Å². The molecule has 1 heterocycles. The number of aryl methyl sites for hydroxylation is 1. The van der Waals surface area contributed by atoms with Crippen LogP contribution in [0.3, 0.4) is 0 Å². The maximum Gasteiger partial charge on any atom is 0.265 e. The zero-order valence-corrected chi connectivity index (χ0v) is 11.9. The third kappa shape index (κ3) is 2.70. The summed E-state index contributed by atoms with van der Waals surface area (Å²) in [4.78, 5) is 13.3. The molecule has 1 aromatic heterocycles. The summed E-state index contributed by atoms with van der Waals surface area (Å²) in [6.07, 6.45) is 0. The van der Waals surface area contributed by atoms with E-state index in [-0.39, 0.29) is 11.7 Å². The van der Waals surface area contributed by atoms with E-state index in [1.54, 1.807) is 6.07 Å². The van der Waals surface area contributed by atoms with Gasteiger partial charge in [-0.3, -0.25) is 4.79 Å². The lowest BCUT2D eigenvalue weighted by atomic mass is 10.3. The van der Waals surface area contributed by atoms with Crippen LogP contribution in [0.25, 0.3) is 0 Å². The number of nitrogens with two attached hydrogens (primary N) is 1. The standard InChI is InChI=1S/C12H10BrFN2OS/c1-6-10(15)5-11(18-6)12(17)16-7-2-3-9(14)8(13)4-7/h2-5H,15H2,1H3,(H,16,17). The van der Waals surface area contributed by atoms with Crippen LogP contribution in [0, 0.1) is 12.7 Å². The summed E-state index contributed by atoms with van der Waals surface area (Å²) in [6, 6.07) is 5.93. The molecule has 1 amide bonds. The summed E-state index contributed by atoms with van der Waals surface area (Å²) < 4.78 is 13.3. The number of carbonyl (C=O) groups is 1. The molecule has 0 bridgehead atoms. The van der Waals surface area contributed by atoms with Crippen molar-refractivity contribution < 1.29 is 9.18 Å². The molecule has 0 fully saturated rings. The van der Waals surface area contributed by atoms with E-state index < -0.39 is 0 Å². The van der Waals surface area contributed by atoms with Crippen molar-refractivity contribution in [3.63, 3.8) is 0 Å². The van der Waals surface area contributed by atoms with E-state index in [0.717, 1.165) is 4.88 Å². The van der Waals surface area contributed by atoms with Gasteiger partial charge >= 0.3 is 0 Å². The lowest BCUT2D eigenvalue weighted by Crippen LogP contribution is -2.10. The van der Waals surface area contributed by atoms with E-state index in [4.69, 9.17) is 5.73 Å². The van der Waals surface area contributed by atoms with Crippen LogP contribution >= 0.6 is 27.3 Å². The van der Waals surface area contributed by atoms with Crippen molar-refractivity contribution in [2.24, 2.45) is 0 Å². The van der Waals surface area contributed by atoms with Gasteiger partial charge in [0.05, 0.1) is 9.35 Å². The van der Waals surface area contributed by atoms with E-state index in [1.807, 2.05) is 6.92 Å². The Bertz CT molecular complexity index is 593. The fraction of sp³-hybridized carbons (Fsp3) is 0.0833. The third-order valence-electron chi connectivity index (χ3n) is 2.36. The van der Waals surface area contributed by atoms with Crippen molar-refractivity contribution in [3.8, 4) is 0 Å². The fourth-order valence-corrected chi connectivity index (χ4v) is 2.59. The van der Waals surface area contributed by atoms with Gasteiger partial charge in [-0.1, -0.05) is 0 Å². The first kappa shape index (κ1) is 13.0. The molecule has 0 aliphatic heterocycles. The summed E-state index contributed by atoms with van der Waals surface area (Å²) in [5, 5.41) is 2.69. The van der Waals surface area contributed by atoms with Gasteiger partial charge < -0.3 is 11.1 Å². The van der Waals surface area contributed by atoms with Crippen LogP contribution in [0.2, 0.25) is 0 Å². The molecular weight excluding hydrogens is 319 g/mol. The van der Waals surface area contributed by atoms with Crippen LogP contribution in [0.4, 0.5) is 15.8 Å². The third-order valence-corrected chi connectivity index (χ3v) is 4.03. The van der Waals surface area contributed by atoms with E-state index >= 15 is 0 Å². The zero-order chi connectivity index (χ0) is 13.3. The van der Waals surface area contributed by atoms with Crippen LogP contribution in [0.5, 0.6) is 0 Å². The van der Waals surface area contributed by atoms with Crippen molar-refractivity contribution in [1.82, 2.24) is 0 Å². The summed E-state index contributed by atoms with van der Waals surface area (Å²) in [7, 11) is 0. The van der Waals surface area contributed by atoms with Crippen molar-refractivity contribution in [3.05, 3.63) is 44.3 Å². The molecule has 6 heteroatoms. The number of thiophene rings is 1. The van der Waals surface area contributed by atoms with Gasteiger partial charge in [0, 0.05) is 16.3 Å². The predicted molar refractivity (Wildman–Crippen MR) is 75.5 cm³/mol. The lowest BCUT2D eigenvalue weighted by molar-refractivity contribution is 0.103. The minimum atomic E-state index is -0.371. The number of carbonyl (C=O) groups excluding carboxylic acids is 1. The monoisotopic (exact) mass is 328 g/mol. The first-order chi connectivity index (χ1) is 8.47. The van der Waals surface area contributed by atoms with Crippen LogP contribution in [0.1, 0.15) is 14.5 Å². The Morgan fingerprint density at radius 1 is 1.44 bits per heavy atom. The van der Waals surface area contributed by atoms with Crippen molar-refractivity contribution in [2.75, 3.05) is 11.1 Å². The van der Waals surface area contributed by atoms with Gasteiger partial charge in [-0.2, -0.15) is 0 Å². The van der Waals surface area contributed by atoms with Gasteiger partial charge in [0.2, 0.25) is 0 Å². The Hall–Kier alpha value is -1.40. The van der Waals surface area contributed by atoms with E-state index in [1.165, 1.54) is 29.5 Å². The highest BCUT2D eigenvalue weighted by Crippen LogP contribution is 2.25. The Morgan fingerprint density at radius 2 is 2.17 bits per heavy atom. The first-order valence-electron chi connectivity index (χ1n) is 5.09. The van der Waals surface area contributed by atoms with Crippen LogP contribution in [-0.2, 0) is 0 Å². The molecule has 2 aromatic rings. The Balaban J connectivity index is 2.18. The summed E-state index contributed by atoms with van der Waals surface area (Å²) >= 11 is 4.39. The highest BCUT2D eigenvalue weighted by atomic mass is 79.9. The molecule has 3 nitrogen and oxygen atoms in total. The molecule has 0 unspecified atom stereocenters. The van der Waals surface area contributed by atoms with Crippen LogP contribution < -0.4 is 11.1 Å². The second-order valence-corrected chi connectivity index (χ2v) is 5.82. The normalized spacial score (nSPS) is 10.4. The molecular formula is C12H10BrFN2OS. The molecule has 0 atom stereocenters. The number of rotatable bonds is 2. The highest BCUT2D eigenvalue weighted by molar-refractivity contribution is 9.10. The minimum Gasteiger partial charge on any atom is -0.398 e. The smallest absolute Gasteiger partial charge is 0.265 e. The molecule has 0 spiro atoms. The van der Waals surface area contributed by atoms with E-state index in [0.29, 0.717) is 20.7 Å². The molecule has 0 aliphatic rings. The number of benzene rings is 1. The minimum absolute atomic E-state index is 0.252. The van der Waals surface area contributed by atoms with Crippen molar-refractivity contribution in [2.45, 2.75) is 6.92 Å². The van der Waals surface area contributed by atoms with Crippen molar-refractivity contribution in [1.29, 1.82) is 0 Å². The Morgan fingerprint density at radius 3 is 2.72 bits per heavy atom. The van der Waals surface area contributed by atoms with Gasteiger partial charge in [0.1, 0.15) is 5.82 Å². The molecule has 18 heavy (non-hydrogen) atoms. The lowest BCUT2D eigenvalue weighted by Gasteiger charge is -2.04. The zero-order valence-electron chi connectivity index (χ0n) is 9.46. The topological polar surface area (TPSA) is 55.1 Å². The average Bonchev–Trinajstić information content (AvgIpc) is 2.65. The molecule has 3 N–H and O–H groups in total. The quantitative estimate of drug-likeness (QED) is 0.881. The number of amides is 1. The number of nitrogen functional groups attached to an aromatic ring is 1. The molecule has 94 valence electrons. The largest absolute Gasteiger partial charge is 0.398 e. The fourth-order valence-electron chi connectivity index (χ4n) is 1.37. The number of nitrogens with one attached hydrogen (secondary N) is 1.